The van der Waals surface area contributed by atoms with Gasteiger partial charge in [-0.3, -0.25) is 27.2 Å². The molecule has 11 N–H and O–H groups in total. The summed E-state index contributed by atoms with van der Waals surface area (Å²) in [6.45, 7) is -1.58. The van der Waals surface area contributed by atoms with Crippen LogP contribution in [0, 0.1) is 0 Å². The highest BCUT2D eigenvalue weighted by Gasteiger charge is 2.54. The molecule has 0 spiro atoms. The van der Waals surface area contributed by atoms with Crippen LogP contribution in [0.1, 0.15) is 24.3 Å². The van der Waals surface area contributed by atoms with Gasteiger partial charge in [-0.1, -0.05) is 0 Å². The summed E-state index contributed by atoms with van der Waals surface area (Å²) in [5.74, 6) is 0.175. The summed E-state index contributed by atoms with van der Waals surface area (Å²) in [5.41, 5.74) is 18.2. The highest BCUT2D eigenvalue weighted by molar-refractivity contribution is 7.47. The Bertz CT molecular complexity index is 1750. The third-order valence-electron chi connectivity index (χ3n) is 7.50. The number of nitrogens with two attached hydrogens (primary N) is 3. The zero-order valence-electron chi connectivity index (χ0n) is 22.7. The van der Waals surface area contributed by atoms with E-state index in [1.54, 1.807) is 0 Å². The van der Waals surface area contributed by atoms with Crippen LogP contribution in [0.25, 0.3) is 11.2 Å². The van der Waals surface area contributed by atoms with Crippen LogP contribution in [-0.2, 0) is 36.7 Å². The number of aliphatic hydroxyl groups excluding tert-OH is 2. The Morgan fingerprint density at radius 1 is 0.867 bits per heavy atom. The maximum atomic E-state index is 13.2. The summed E-state index contributed by atoms with van der Waals surface area (Å²) in [4.78, 5) is 41.5. The van der Waals surface area contributed by atoms with E-state index < -0.39 is 84.1 Å². The van der Waals surface area contributed by atoms with Crippen molar-refractivity contribution in [2.75, 3.05) is 24.3 Å². The van der Waals surface area contributed by atoms with Crippen LogP contribution in [0.15, 0.2) is 24.0 Å². The number of nitrogen functional groups attached to an aromatic ring is 1. The minimum Gasteiger partial charge on any atom is -0.387 e. The molecule has 25 heteroatoms. The molecule has 3 aromatic rings. The quantitative estimate of drug-likeness (QED) is 0.130. The molecule has 11 atom stereocenters. The van der Waals surface area contributed by atoms with E-state index in [9.17, 15) is 29.1 Å². The molecule has 7 heterocycles. The number of ether oxygens (including phenoxy) is 2. The van der Waals surface area contributed by atoms with E-state index in [4.69, 9.17) is 44.8 Å². The van der Waals surface area contributed by atoms with Gasteiger partial charge in [-0.05, 0) is 0 Å². The number of phosphoric acid groups is 2. The normalized spacial score (nSPS) is 40.5. The molecule has 7 rings (SSSR count). The molecule has 4 aliphatic rings. The fourth-order valence-corrected chi connectivity index (χ4v) is 7.34. The van der Waals surface area contributed by atoms with Gasteiger partial charge in [0.2, 0.25) is 0 Å². The van der Waals surface area contributed by atoms with Gasteiger partial charge < -0.3 is 52.0 Å². The number of hydrogen-bond acceptors (Lipinski definition) is 19. The Balaban J connectivity index is 1.19. The SMILES string of the molecule is NC1=NC(N)c2ncn([C@@H]3O[C@@H]4COP(=O)(O)OC5[C@@H](COP(=O)(O)O[C@H]3C4O)O[C@@H](n3cnc4c(N)ncnc43)[C@H]5O)c2N1. The standard InChI is InChI=1S/C20H27N11O12P2/c21-14-8-16(25-3-24-14)30(4-26-8)18-11(33)12-7(41-18)2-39-45(36,37)43-13-10(32)6(1-38-44(34,35)42-12)40-19(13)31-5-27-9-15(22)28-20(23)29-17(9)31/h3-7,10-13,15,18-19,32-33H,1-2,22H2,(H,34,35)(H,36,37)(H2,21,24,25)(H3,23,28,29)/t6-,7-,10?,11+,12?,13+,15?,18-,19-/m1/s1. The first-order valence-corrected chi connectivity index (χ1v) is 16.1. The van der Waals surface area contributed by atoms with E-state index in [-0.39, 0.29) is 34.5 Å². The number of anilines is 2. The number of aromatic nitrogens is 6. The minimum atomic E-state index is -5.07. The third-order valence-corrected chi connectivity index (χ3v) is 9.47. The molecule has 0 saturated carbocycles. The lowest BCUT2D eigenvalue weighted by Crippen LogP contribution is -2.36. The van der Waals surface area contributed by atoms with Crippen molar-refractivity contribution in [2.24, 2.45) is 16.5 Å². The van der Waals surface area contributed by atoms with Crippen molar-refractivity contribution in [2.45, 2.75) is 55.2 Å². The second-order valence-electron chi connectivity index (χ2n) is 10.3. The second-order valence-corrected chi connectivity index (χ2v) is 13.1. The minimum absolute atomic E-state index is 0.0452. The fraction of sp³-hybridized carbons (Fsp3) is 0.550. The zero-order valence-corrected chi connectivity index (χ0v) is 24.4. The Labute approximate surface area is 251 Å². The van der Waals surface area contributed by atoms with Crippen molar-refractivity contribution in [1.29, 1.82) is 0 Å². The maximum Gasteiger partial charge on any atom is 0.472 e. The van der Waals surface area contributed by atoms with Gasteiger partial charge in [0.25, 0.3) is 0 Å². The van der Waals surface area contributed by atoms with E-state index in [0.29, 0.717) is 0 Å². The molecule has 3 saturated heterocycles. The first-order chi connectivity index (χ1) is 21.3. The van der Waals surface area contributed by atoms with Gasteiger partial charge in [0.05, 0.1) is 25.9 Å². The molecular weight excluding hydrogens is 648 g/mol. The summed E-state index contributed by atoms with van der Waals surface area (Å²) >= 11 is 0. The zero-order chi connectivity index (χ0) is 31.8. The number of imidazole rings is 2. The van der Waals surface area contributed by atoms with Gasteiger partial charge in [0, 0.05) is 0 Å². The van der Waals surface area contributed by atoms with Gasteiger partial charge in [-0.2, -0.15) is 0 Å². The number of nitrogens with zero attached hydrogens (tertiary/aromatic N) is 7. The summed E-state index contributed by atoms with van der Waals surface area (Å²) < 4.78 is 61.6. The van der Waals surface area contributed by atoms with E-state index in [1.165, 1.54) is 21.8 Å². The lowest BCUT2D eigenvalue weighted by molar-refractivity contribution is -0.0676. The van der Waals surface area contributed by atoms with Gasteiger partial charge in [-0.15, -0.1) is 0 Å². The Morgan fingerprint density at radius 3 is 2.29 bits per heavy atom. The fourth-order valence-electron chi connectivity index (χ4n) is 5.45. The van der Waals surface area contributed by atoms with Crippen molar-refractivity contribution in [3.8, 4) is 0 Å². The molecule has 0 radical (unpaired) electrons. The van der Waals surface area contributed by atoms with E-state index >= 15 is 0 Å². The summed E-state index contributed by atoms with van der Waals surface area (Å²) in [6.07, 6.45) is -9.58. The lowest BCUT2D eigenvalue weighted by Gasteiger charge is -2.27. The number of hydrogen-bond donors (Lipinski definition) is 8. The van der Waals surface area contributed by atoms with Crippen LogP contribution in [0.2, 0.25) is 0 Å². The maximum absolute atomic E-state index is 13.2. The van der Waals surface area contributed by atoms with Crippen molar-refractivity contribution < 1.29 is 56.7 Å². The van der Waals surface area contributed by atoms with Crippen LogP contribution in [0.5, 0.6) is 0 Å². The second kappa shape index (κ2) is 11.0. The first-order valence-electron chi connectivity index (χ1n) is 13.2. The molecular formula is C20H27N11O12P2. The molecule has 4 aliphatic heterocycles. The van der Waals surface area contributed by atoms with Crippen molar-refractivity contribution >= 4 is 44.4 Å². The lowest BCUT2D eigenvalue weighted by atomic mass is 10.1. The van der Waals surface area contributed by atoms with Gasteiger partial charge in [0.1, 0.15) is 66.1 Å². The summed E-state index contributed by atoms with van der Waals surface area (Å²) in [5, 5.41) is 24.9. The molecule has 0 amide bonds. The van der Waals surface area contributed by atoms with Crippen molar-refractivity contribution in [1.82, 2.24) is 29.1 Å². The molecule has 0 aromatic carbocycles. The molecule has 3 aromatic heterocycles. The molecule has 45 heavy (non-hydrogen) atoms. The average molecular weight is 675 g/mol. The van der Waals surface area contributed by atoms with E-state index in [0.717, 1.165) is 6.33 Å². The Morgan fingerprint density at radius 2 is 1.53 bits per heavy atom. The smallest absolute Gasteiger partial charge is 0.387 e. The first kappa shape index (κ1) is 30.5. The summed E-state index contributed by atoms with van der Waals surface area (Å²) in [7, 11) is -10.1. The van der Waals surface area contributed by atoms with Crippen molar-refractivity contribution in [3.05, 3.63) is 24.7 Å². The third kappa shape index (κ3) is 5.40. The van der Waals surface area contributed by atoms with Crippen LogP contribution >= 0.6 is 15.6 Å². The average Bonchev–Trinajstić information content (AvgIpc) is 3.72. The number of aliphatic imine (C=N–C) groups is 1. The number of phosphoric ester groups is 2. The molecule has 244 valence electrons. The van der Waals surface area contributed by atoms with Crippen molar-refractivity contribution in [3.63, 3.8) is 0 Å². The number of aliphatic hydroxyl groups is 2. The van der Waals surface area contributed by atoms with Crippen LogP contribution in [0.3, 0.4) is 0 Å². The predicted octanol–water partition coefficient (Wildman–Crippen LogP) is -2.46. The molecule has 0 aliphatic carbocycles. The highest BCUT2D eigenvalue weighted by Crippen LogP contribution is 2.54. The molecule has 3 fully saturated rings. The Hall–Kier alpha value is -3.15. The van der Waals surface area contributed by atoms with E-state index in [1.807, 2.05) is 0 Å². The predicted molar refractivity (Wildman–Crippen MR) is 145 cm³/mol. The number of fused-ring (bicyclic) bond motifs is 5. The molecule has 5 unspecified atom stereocenters. The largest absolute Gasteiger partial charge is 0.472 e. The van der Waals surface area contributed by atoms with Crippen LogP contribution < -0.4 is 22.5 Å². The number of rotatable bonds is 2. The van der Waals surface area contributed by atoms with Gasteiger partial charge in [0.15, 0.2) is 29.9 Å². The Kier molecular flexibility index (Phi) is 7.44. The topological polar surface area (TPSA) is 334 Å². The number of guanidine groups is 1. The van der Waals surface area contributed by atoms with Gasteiger partial charge in [-0.25, -0.2) is 34.1 Å². The molecule has 23 nitrogen and oxygen atoms in total. The van der Waals surface area contributed by atoms with Crippen LogP contribution in [0.4, 0.5) is 11.6 Å². The van der Waals surface area contributed by atoms with E-state index in [2.05, 4.69) is 30.2 Å². The van der Waals surface area contributed by atoms with Crippen LogP contribution in [-0.4, -0.2) is 105 Å². The monoisotopic (exact) mass is 675 g/mol. The summed E-state index contributed by atoms with van der Waals surface area (Å²) in [6, 6.07) is 0. The molecule has 2 bridgehead atoms. The van der Waals surface area contributed by atoms with Gasteiger partial charge >= 0.3 is 15.6 Å². The highest BCUT2D eigenvalue weighted by atomic mass is 31.2. The number of nitrogens with one attached hydrogen (secondary N) is 1.